The van der Waals surface area contributed by atoms with Gasteiger partial charge in [-0.3, -0.25) is 4.79 Å². The molecule has 0 amide bonds. The zero-order chi connectivity index (χ0) is 15.5. The molecule has 0 saturated carbocycles. The topological polar surface area (TPSA) is 54.0 Å². The minimum absolute atomic E-state index is 0.652. The van der Waals surface area contributed by atoms with Crippen LogP contribution in [0.4, 0.5) is 10.8 Å². The number of aldehydes is 1. The summed E-state index contributed by atoms with van der Waals surface area (Å²) in [5.74, 6) is 0. The van der Waals surface area contributed by atoms with Gasteiger partial charge in [-0.2, -0.15) is 0 Å². The van der Waals surface area contributed by atoms with Crippen LogP contribution in [0.25, 0.3) is 10.2 Å². The van der Waals surface area contributed by atoms with E-state index in [4.69, 9.17) is 11.6 Å². The van der Waals surface area contributed by atoms with Gasteiger partial charge in [0.25, 0.3) is 0 Å². The third-order valence-corrected chi connectivity index (χ3v) is 5.07. The van der Waals surface area contributed by atoms with Gasteiger partial charge in [0.05, 0.1) is 15.1 Å². The van der Waals surface area contributed by atoms with Crippen LogP contribution in [-0.2, 0) is 0 Å². The molecule has 2 N–H and O–H groups in total. The Morgan fingerprint density at radius 2 is 2.05 bits per heavy atom. The van der Waals surface area contributed by atoms with Crippen LogP contribution in [0, 0.1) is 0 Å². The van der Waals surface area contributed by atoms with Crippen molar-refractivity contribution in [2.45, 2.75) is 4.90 Å². The number of halogens is 1. The van der Waals surface area contributed by atoms with Crippen LogP contribution in [-0.4, -0.2) is 18.3 Å². The summed E-state index contributed by atoms with van der Waals surface area (Å²) < 4.78 is 4.28. The number of nitrogens with zero attached hydrogens (tertiary/aromatic N) is 1. The Bertz CT molecular complexity index is 818. The number of carbonyl (C=O) groups is 1. The fraction of sp³-hybridized carbons (Fsp3) is 0.0667. The molecule has 112 valence electrons. The first-order valence-electron chi connectivity index (χ1n) is 6.45. The van der Waals surface area contributed by atoms with Gasteiger partial charge >= 0.3 is 0 Å². The summed E-state index contributed by atoms with van der Waals surface area (Å²) in [6.45, 7) is 0. The van der Waals surface area contributed by atoms with Gasteiger partial charge in [-0.15, -0.1) is 0 Å². The van der Waals surface area contributed by atoms with Crippen molar-refractivity contribution in [1.29, 1.82) is 0 Å². The summed E-state index contributed by atoms with van der Waals surface area (Å²) in [7, 11) is 1.85. The maximum Gasteiger partial charge on any atom is 0.183 e. The molecule has 22 heavy (non-hydrogen) atoms. The molecule has 0 atom stereocenters. The molecule has 1 aromatic heterocycles. The van der Waals surface area contributed by atoms with E-state index < -0.39 is 0 Å². The van der Waals surface area contributed by atoms with E-state index in [0.29, 0.717) is 10.6 Å². The Labute approximate surface area is 141 Å². The summed E-state index contributed by atoms with van der Waals surface area (Å²) in [4.78, 5) is 16.2. The van der Waals surface area contributed by atoms with Crippen molar-refractivity contribution in [1.82, 2.24) is 4.98 Å². The number of aromatic nitrogens is 1. The van der Waals surface area contributed by atoms with Gasteiger partial charge in [0, 0.05) is 23.3 Å². The summed E-state index contributed by atoms with van der Waals surface area (Å²) in [6, 6.07) is 11.1. The van der Waals surface area contributed by atoms with Gasteiger partial charge in [-0.25, -0.2) is 4.98 Å². The quantitative estimate of drug-likeness (QED) is 0.505. The number of benzene rings is 2. The number of hydrogen-bond acceptors (Lipinski definition) is 6. The van der Waals surface area contributed by atoms with Crippen molar-refractivity contribution in [3.05, 3.63) is 47.0 Å². The van der Waals surface area contributed by atoms with Crippen LogP contribution in [0.1, 0.15) is 10.4 Å². The molecule has 3 aromatic rings. The van der Waals surface area contributed by atoms with Crippen LogP contribution in [0.3, 0.4) is 0 Å². The number of hydrogen-bond donors (Lipinski definition) is 2. The maximum absolute atomic E-state index is 10.7. The number of carbonyl (C=O) groups excluding carboxylic acids is 1. The third kappa shape index (κ3) is 3.19. The molecule has 0 unspecified atom stereocenters. The van der Waals surface area contributed by atoms with Crippen LogP contribution in [0.5, 0.6) is 0 Å². The van der Waals surface area contributed by atoms with Gasteiger partial charge in [-0.05, 0) is 48.3 Å². The highest BCUT2D eigenvalue weighted by molar-refractivity contribution is 8.00. The van der Waals surface area contributed by atoms with Gasteiger partial charge in [0.15, 0.2) is 5.13 Å². The van der Waals surface area contributed by atoms with E-state index in [1.807, 2.05) is 31.3 Å². The minimum atomic E-state index is 0.652. The molecule has 0 aliphatic carbocycles. The minimum Gasteiger partial charge on any atom is -0.365 e. The fourth-order valence-electron chi connectivity index (χ4n) is 1.90. The lowest BCUT2D eigenvalue weighted by Crippen LogP contribution is -1.89. The summed E-state index contributed by atoms with van der Waals surface area (Å²) in [5.41, 5.74) is 2.48. The molecule has 3 rings (SSSR count). The SMILES string of the molecule is CNc1nc2c(SNc3ccc(C=O)cc3)cc(Cl)cc2s1. The van der Waals surface area contributed by atoms with E-state index in [1.54, 1.807) is 23.5 Å². The van der Waals surface area contributed by atoms with Crippen molar-refractivity contribution >= 4 is 62.2 Å². The molecule has 1 heterocycles. The average Bonchev–Trinajstić information content (AvgIpc) is 2.96. The first kappa shape index (κ1) is 15.1. The molecule has 0 fully saturated rings. The smallest absolute Gasteiger partial charge is 0.183 e. The fourth-order valence-corrected chi connectivity index (χ4v) is 3.99. The first-order valence-corrected chi connectivity index (χ1v) is 8.46. The second kappa shape index (κ2) is 6.56. The monoisotopic (exact) mass is 349 g/mol. The van der Waals surface area contributed by atoms with Crippen LogP contribution in [0.2, 0.25) is 5.02 Å². The molecule has 0 saturated heterocycles. The van der Waals surface area contributed by atoms with E-state index in [1.165, 1.54) is 11.9 Å². The number of fused-ring (bicyclic) bond motifs is 1. The van der Waals surface area contributed by atoms with Crippen molar-refractivity contribution in [2.75, 3.05) is 17.1 Å². The highest BCUT2D eigenvalue weighted by Gasteiger charge is 2.10. The predicted molar refractivity (Wildman–Crippen MR) is 95.5 cm³/mol. The van der Waals surface area contributed by atoms with Crippen molar-refractivity contribution in [2.24, 2.45) is 0 Å². The van der Waals surface area contributed by atoms with Crippen molar-refractivity contribution < 1.29 is 4.79 Å². The Morgan fingerprint density at radius 1 is 1.27 bits per heavy atom. The van der Waals surface area contributed by atoms with E-state index in [2.05, 4.69) is 15.0 Å². The first-order chi connectivity index (χ1) is 10.7. The van der Waals surface area contributed by atoms with E-state index in [9.17, 15) is 4.79 Å². The third-order valence-electron chi connectivity index (χ3n) is 2.96. The average molecular weight is 350 g/mol. The summed E-state index contributed by atoms with van der Waals surface area (Å²) in [6.07, 6.45) is 0.825. The van der Waals surface area contributed by atoms with E-state index in [-0.39, 0.29) is 0 Å². The molecule has 0 radical (unpaired) electrons. The van der Waals surface area contributed by atoms with Gasteiger partial charge in [-0.1, -0.05) is 22.9 Å². The lowest BCUT2D eigenvalue weighted by molar-refractivity contribution is 0.112. The second-order valence-electron chi connectivity index (χ2n) is 4.46. The number of nitrogens with one attached hydrogen (secondary N) is 2. The lowest BCUT2D eigenvalue weighted by atomic mass is 10.2. The molecule has 0 spiro atoms. The van der Waals surface area contributed by atoms with E-state index >= 15 is 0 Å². The van der Waals surface area contributed by atoms with Gasteiger partial charge < -0.3 is 10.0 Å². The Kier molecular flexibility index (Phi) is 4.52. The van der Waals surface area contributed by atoms with Crippen molar-refractivity contribution in [3.8, 4) is 0 Å². The molecule has 7 heteroatoms. The highest BCUT2D eigenvalue weighted by atomic mass is 35.5. The molecule has 2 aromatic carbocycles. The number of rotatable bonds is 5. The van der Waals surface area contributed by atoms with Crippen LogP contribution in [0.15, 0.2) is 41.3 Å². The zero-order valence-electron chi connectivity index (χ0n) is 11.6. The van der Waals surface area contributed by atoms with Gasteiger partial charge in [0.2, 0.25) is 0 Å². The Balaban J connectivity index is 1.85. The highest BCUT2D eigenvalue weighted by Crippen LogP contribution is 2.36. The molecular weight excluding hydrogens is 338 g/mol. The molecular formula is C15H12ClN3OS2. The summed E-state index contributed by atoms with van der Waals surface area (Å²) >= 11 is 9.19. The molecule has 0 aliphatic heterocycles. The molecule has 0 bridgehead atoms. The standard InChI is InChI=1S/C15H12ClN3OS2/c1-17-15-18-14-12(21-15)6-10(16)7-13(14)22-19-11-4-2-9(8-20)3-5-11/h2-8,19H,1H3,(H,17,18). The largest absolute Gasteiger partial charge is 0.365 e. The normalized spacial score (nSPS) is 10.6. The predicted octanol–water partition coefficient (Wildman–Crippen LogP) is 4.92. The Morgan fingerprint density at radius 3 is 2.73 bits per heavy atom. The second-order valence-corrected chi connectivity index (χ2v) is 6.78. The number of anilines is 2. The van der Waals surface area contributed by atoms with E-state index in [0.717, 1.165) is 32.2 Å². The Hall–Kier alpha value is -1.76. The maximum atomic E-state index is 10.7. The molecule has 0 aliphatic rings. The van der Waals surface area contributed by atoms with Crippen molar-refractivity contribution in [3.63, 3.8) is 0 Å². The van der Waals surface area contributed by atoms with Gasteiger partial charge in [0.1, 0.15) is 6.29 Å². The summed E-state index contributed by atoms with van der Waals surface area (Å²) in [5, 5.41) is 4.59. The lowest BCUT2D eigenvalue weighted by Gasteiger charge is -2.06. The number of thiazole rings is 1. The zero-order valence-corrected chi connectivity index (χ0v) is 14.0. The van der Waals surface area contributed by atoms with Crippen LogP contribution < -0.4 is 10.0 Å². The van der Waals surface area contributed by atoms with Crippen LogP contribution >= 0.6 is 34.9 Å². The molecule has 4 nitrogen and oxygen atoms in total.